The first-order chi connectivity index (χ1) is 5.56. The van der Waals surface area contributed by atoms with Crippen LogP contribution in [0.2, 0.25) is 0 Å². The third-order valence-electron chi connectivity index (χ3n) is 0.734. The van der Waals surface area contributed by atoms with E-state index in [0.29, 0.717) is 0 Å². The number of hydrogen-bond acceptors (Lipinski definition) is 3. The highest BCUT2D eigenvalue weighted by molar-refractivity contribution is 7.85. The lowest BCUT2D eigenvalue weighted by Gasteiger charge is -1.82. The Balaban J connectivity index is 0.000000211. The molecule has 0 fully saturated rings. The number of imidazole rings is 1. The van der Waals surface area contributed by atoms with Crippen LogP contribution in [0.25, 0.3) is 0 Å². The Morgan fingerprint density at radius 1 is 1.67 bits per heavy atom. The van der Waals surface area contributed by atoms with Crippen LogP contribution in [-0.4, -0.2) is 28.7 Å². The second kappa shape index (κ2) is 5.50. The fourth-order valence-electron chi connectivity index (χ4n) is 0.364. The van der Waals surface area contributed by atoms with E-state index in [2.05, 4.69) is 16.5 Å². The second-order valence-corrected chi connectivity index (χ2v) is 3.29. The van der Waals surface area contributed by atoms with Crippen molar-refractivity contribution in [1.29, 1.82) is 0 Å². The minimum atomic E-state index is -3.79. The fourth-order valence-corrected chi connectivity index (χ4v) is 0.662. The summed E-state index contributed by atoms with van der Waals surface area (Å²) in [6.07, 6.45) is 6.20. The second-order valence-electron chi connectivity index (χ2n) is 1.80. The molecular weight excluding hydrogens is 180 g/mol. The maximum atomic E-state index is 9.72. The van der Waals surface area contributed by atoms with E-state index in [4.69, 9.17) is 4.55 Å². The predicted molar refractivity (Wildman–Crippen MR) is 45.2 cm³/mol. The Bertz CT molecular complexity index is 273. The van der Waals surface area contributed by atoms with Gasteiger partial charge in [0.15, 0.2) is 0 Å². The number of H-pyrrole nitrogens is 1. The first kappa shape index (κ1) is 10.9. The monoisotopic (exact) mass is 190 g/mol. The summed E-state index contributed by atoms with van der Waals surface area (Å²) >= 11 is 0. The van der Waals surface area contributed by atoms with E-state index in [-0.39, 0.29) is 5.75 Å². The van der Waals surface area contributed by atoms with E-state index in [0.717, 1.165) is 6.08 Å². The van der Waals surface area contributed by atoms with Gasteiger partial charge in [-0.05, 0) is 0 Å². The number of nitrogens with one attached hydrogen (secondary N) is 1. The Morgan fingerprint density at radius 3 is 2.42 bits per heavy atom. The molecule has 1 aromatic heterocycles. The quantitative estimate of drug-likeness (QED) is 0.524. The Labute approximate surface area is 70.9 Å². The average molecular weight is 190 g/mol. The SMILES string of the molecule is C=CCS(=O)(=O)O.c1c[nH]cn1. The van der Waals surface area contributed by atoms with Gasteiger partial charge in [0, 0.05) is 12.4 Å². The number of hydrogen-bond donors (Lipinski definition) is 2. The van der Waals surface area contributed by atoms with Crippen LogP contribution in [-0.2, 0) is 10.1 Å². The van der Waals surface area contributed by atoms with Crippen molar-refractivity contribution in [3.63, 3.8) is 0 Å². The van der Waals surface area contributed by atoms with Crippen LogP contribution in [0.1, 0.15) is 0 Å². The average Bonchev–Trinajstić information content (AvgIpc) is 2.38. The number of aromatic nitrogens is 2. The van der Waals surface area contributed by atoms with Gasteiger partial charge in [-0.3, -0.25) is 4.55 Å². The molecule has 0 aliphatic carbocycles. The summed E-state index contributed by atoms with van der Waals surface area (Å²) < 4.78 is 27.3. The van der Waals surface area contributed by atoms with Crippen molar-refractivity contribution in [2.24, 2.45) is 0 Å². The maximum Gasteiger partial charge on any atom is 0.268 e. The topological polar surface area (TPSA) is 83.0 Å². The van der Waals surface area contributed by atoms with E-state index in [1.165, 1.54) is 0 Å². The predicted octanol–water partition coefficient (Wildman–Crippen LogP) is 0.470. The molecule has 0 atom stereocenters. The van der Waals surface area contributed by atoms with Crippen LogP contribution < -0.4 is 0 Å². The lowest BCUT2D eigenvalue weighted by Crippen LogP contribution is -1.99. The van der Waals surface area contributed by atoms with Crippen molar-refractivity contribution in [2.75, 3.05) is 5.75 Å². The summed E-state index contributed by atoms with van der Waals surface area (Å²) in [6.45, 7) is 3.11. The summed E-state index contributed by atoms with van der Waals surface area (Å²) in [7, 11) is -3.79. The molecule has 0 unspecified atom stereocenters. The van der Waals surface area contributed by atoms with Crippen LogP contribution >= 0.6 is 0 Å². The van der Waals surface area contributed by atoms with Crippen molar-refractivity contribution in [3.05, 3.63) is 31.4 Å². The van der Waals surface area contributed by atoms with E-state index >= 15 is 0 Å². The molecular formula is C6H10N2O3S. The van der Waals surface area contributed by atoms with Gasteiger partial charge < -0.3 is 4.98 Å². The third kappa shape index (κ3) is 8.86. The van der Waals surface area contributed by atoms with Gasteiger partial charge in [0.1, 0.15) is 0 Å². The molecule has 0 aliphatic rings. The van der Waals surface area contributed by atoms with Gasteiger partial charge in [0.25, 0.3) is 10.1 Å². The first-order valence-corrected chi connectivity index (χ1v) is 4.66. The minimum absolute atomic E-state index is 0.368. The number of rotatable bonds is 2. The molecule has 68 valence electrons. The largest absolute Gasteiger partial charge is 0.351 e. The molecule has 0 bridgehead atoms. The van der Waals surface area contributed by atoms with Crippen molar-refractivity contribution < 1.29 is 13.0 Å². The molecule has 1 heterocycles. The van der Waals surface area contributed by atoms with Crippen LogP contribution in [0, 0.1) is 0 Å². The van der Waals surface area contributed by atoms with Crippen LogP contribution in [0.4, 0.5) is 0 Å². The zero-order valence-corrected chi connectivity index (χ0v) is 7.16. The molecule has 0 saturated heterocycles. The van der Waals surface area contributed by atoms with Gasteiger partial charge in [0.05, 0.1) is 12.1 Å². The van der Waals surface area contributed by atoms with Crippen molar-refractivity contribution in [2.45, 2.75) is 0 Å². The summed E-state index contributed by atoms with van der Waals surface area (Å²) in [4.78, 5) is 6.42. The van der Waals surface area contributed by atoms with E-state index in [9.17, 15) is 8.42 Å². The van der Waals surface area contributed by atoms with Crippen molar-refractivity contribution in [3.8, 4) is 0 Å². The first-order valence-electron chi connectivity index (χ1n) is 3.05. The minimum Gasteiger partial charge on any atom is -0.351 e. The Hall–Kier alpha value is -1.14. The lowest BCUT2D eigenvalue weighted by molar-refractivity contribution is 0.487. The fraction of sp³-hybridized carbons (Fsp3) is 0.167. The van der Waals surface area contributed by atoms with Gasteiger partial charge >= 0.3 is 0 Å². The molecule has 0 aromatic carbocycles. The Morgan fingerprint density at radius 2 is 2.33 bits per heavy atom. The molecule has 12 heavy (non-hydrogen) atoms. The molecule has 0 radical (unpaired) electrons. The smallest absolute Gasteiger partial charge is 0.268 e. The van der Waals surface area contributed by atoms with E-state index in [1.807, 2.05) is 0 Å². The molecule has 1 aromatic rings. The molecule has 5 nitrogen and oxygen atoms in total. The van der Waals surface area contributed by atoms with Crippen LogP contribution in [0.5, 0.6) is 0 Å². The third-order valence-corrected chi connectivity index (χ3v) is 1.39. The molecule has 0 aliphatic heterocycles. The molecule has 1 rings (SSSR count). The molecule has 0 amide bonds. The molecule has 2 N–H and O–H groups in total. The van der Waals surface area contributed by atoms with Crippen LogP contribution in [0.15, 0.2) is 31.4 Å². The summed E-state index contributed by atoms with van der Waals surface area (Å²) in [5, 5.41) is 0. The van der Waals surface area contributed by atoms with Crippen molar-refractivity contribution >= 4 is 10.1 Å². The van der Waals surface area contributed by atoms with E-state index < -0.39 is 10.1 Å². The zero-order chi connectivity index (χ0) is 9.45. The summed E-state index contributed by atoms with van der Waals surface area (Å²) in [5.74, 6) is -0.368. The zero-order valence-electron chi connectivity index (χ0n) is 6.34. The van der Waals surface area contributed by atoms with Crippen molar-refractivity contribution in [1.82, 2.24) is 9.97 Å². The normalized spacial score (nSPS) is 9.75. The highest BCUT2D eigenvalue weighted by atomic mass is 32.2. The lowest BCUT2D eigenvalue weighted by atomic mass is 10.8. The van der Waals surface area contributed by atoms with Gasteiger partial charge in [-0.15, -0.1) is 6.58 Å². The summed E-state index contributed by atoms with van der Waals surface area (Å²) in [5.41, 5.74) is 0. The highest BCUT2D eigenvalue weighted by Crippen LogP contribution is 1.78. The standard InChI is InChI=1S/C3H4N2.C3H6O3S/c1-2-5-3-4-1;1-2-3-7(4,5)6/h1-3H,(H,4,5);2H,1,3H2,(H,4,5,6). The molecule has 6 heteroatoms. The maximum absolute atomic E-state index is 9.72. The molecule has 0 saturated carbocycles. The number of nitrogens with zero attached hydrogens (tertiary/aromatic N) is 1. The number of aromatic amines is 1. The molecule has 0 spiro atoms. The van der Waals surface area contributed by atoms with Gasteiger partial charge in [0.2, 0.25) is 0 Å². The van der Waals surface area contributed by atoms with Gasteiger partial charge in [-0.1, -0.05) is 6.08 Å². The van der Waals surface area contributed by atoms with E-state index in [1.54, 1.807) is 18.7 Å². The van der Waals surface area contributed by atoms with Gasteiger partial charge in [-0.25, -0.2) is 4.98 Å². The van der Waals surface area contributed by atoms with Gasteiger partial charge in [-0.2, -0.15) is 8.42 Å². The highest BCUT2D eigenvalue weighted by Gasteiger charge is 1.95. The Kier molecular flexibility index (Phi) is 4.98. The van der Waals surface area contributed by atoms with Crippen LogP contribution in [0.3, 0.4) is 0 Å². The summed E-state index contributed by atoms with van der Waals surface area (Å²) in [6, 6.07) is 0.